The van der Waals surface area contributed by atoms with E-state index in [0.717, 1.165) is 5.69 Å². The number of nitrogens with two attached hydrogens (primary N) is 1. The van der Waals surface area contributed by atoms with Gasteiger partial charge in [-0.05, 0) is 18.4 Å². The molecule has 3 N–H and O–H groups in total. The van der Waals surface area contributed by atoms with Crippen molar-refractivity contribution in [3.63, 3.8) is 0 Å². The monoisotopic (exact) mass is 215 g/mol. The average molecular weight is 216 g/mol. The lowest BCUT2D eigenvalue weighted by molar-refractivity contribution is 1.10. The van der Waals surface area contributed by atoms with Gasteiger partial charge in [-0.3, -0.25) is 5.10 Å². The number of nitrogens with zero attached hydrogens (tertiary/aromatic N) is 1. The van der Waals surface area contributed by atoms with Gasteiger partial charge < -0.3 is 5.73 Å². The fourth-order valence-corrected chi connectivity index (χ4v) is 1.85. The van der Waals surface area contributed by atoms with Crippen LogP contribution >= 0.6 is 23.7 Å². The number of hydrogen-bond acceptors (Lipinski definition) is 3. The molecular weight excluding hydrogens is 206 g/mol. The Kier molecular flexibility index (Phi) is 2.95. The molecular formula is C8H10ClN3S. The molecule has 0 aliphatic carbocycles. The molecule has 2 rings (SSSR count). The maximum Gasteiger partial charge on any atom is 0.145 e. The molecule has 0 amide bonds. The second-order valence-electron chi connectivity index (χ2n) is 2.60. The Balaban J connectivity index is 0.000000845. The quantitative estimate of drug-likeness (QED) is 0.768. The normalized spacial score (nSPS) is 9.62. The van der Waals surface area contributed by atoms with Crippen LogP contribution in [0, 0.1) is 6.92 Å². The summed E-state index contributed by atoms with van der Waals surface area (Å²) in [7, 11) is 0. The molecule has 13 heavy (non-hydrogen) atoms. The summed E-state index contributed by atoms with van der Waals surface area (Å²) < 4.78 is 0. The minimum Gasteiger partial charge on any atom is -0.382 e. The van der Waals surface area contributed by atoms with Crippen LogP contribution in [0.25, 0.3) is 11.3 Å². The van der Waals surface area contributed by atoms with E-state index in [9.17, 15) is 0 Å². The highest BCUT2D eigenvalue weighted by atomic mass is 35.5. The molecule has 0 aliphatic rings. The van der Waals surface area contributed by atoms with Crippen LogP contribution in [0.2, 0.25) is 0 Å². The van der Waals surface area contributed by atoms with Gasteiger partial charge in [0, 0.05) is 16.5 Å². The second-order valence-corrected chi connectivity index (χ2v) is 3.72. The van der Waals surface area contributed by atoms with Crippen molar-refractivity contribution in [2.75, 3.05) is 5.73 Å². The van der Waals surface area contributed by atoms with Gasteiger partial charge >= 0.3 is 0 Å². The smallest absolute Gasteiger partial charge is 0.145 e. The summed E-state index contributed by atoms with van der Waals surface area (Å²) in [6.45, 7) is 2.08. The maximum absolute atomic E-state index is 5.50. The summed E-state index contributed by atoms with van der Waals surface area (Å²) in [5.41, 5.74) is 7.67. The Morgan fingerprint density at radius 1 is 1.54 bits per heavy atom. The predicted molar refractivity (Wildman–Crippen MR) is 58.3 cm³/mol. The van der Waals surface area contributed by atoms with Gasteiger partial charge in [0.2, 0.25) is 0 Å². The zero-order chi connectivity index (χ0) is 8.55. The lowest BCUT2D eigenvalue weighted by Crippen LogP contribution is -1.81. The van der Waals surface area contributed by atoms with Gasteiger partial charge in [-0.25, -0.2) is 0 Å². The van der Waals surface area contributed by atoms with Gasteiger partial charge in [0.1, 0.15) is 5.82 Å². The van der Waals surface area contributed by atoms with E-state index in [4.69, 9.17) is 5.73 Å². The summed E-state index contributed by atoms with van der Waals surface area (Å²) in [5, 5.41) is 8.81. The Bertz CT molecular complexity index is 394. The molecule has 0 saturated heterocycles. The van der Waals surface area contributed by atoms with E-state index >= 15 is 0 Å². The molecule has 0 saturated carbocycles. The molecule has 0 bridgehead atoms. The lowest BCUT2D eigenvalue weighted by atomic mass is 10.2. The summed E-state index contributed by atoms with van der Waals surface area (Å²) in [6.07, 6.45) is 0. The first kappa shape index (κ1) is 10.1. The van der Waals surface area contributed by atoms with Crippen molar-refractivity contribution in [3.8, 4) is 11.3 Å². The highest BCUT2D eigenvalue weighted by molar-refractivity contribution is 7.10. The Morgan fingerprint density at radius 3 is 2.77 bits per heavy atom. The molecule has 0 aliphatic heterocycles. The van der Waals surface area contributed by atoms with Crippen molar-refractivity contribution in [1.82, 2.24) is 10.2 Å². The SMILES string of the molecule is Cc1sccc1-c1cc(N)n[nH]1.Cl. The Morgan fingerprint density at radius 2 is 2.31 bits per heavy atom. The van der Waals surface area contributed by atoms with E-state index in [1.165, 1.54) is 10.4 Å². The van der Waals surface area contributed by atoms with E-state index in [1.54, 1.807) is 11.3 Å². The van der Waals surface area contributed by atoms with Crippen LogP contribution in [0.4, 0.5) is 5.82 Å². The van der Waals surface area contributed by atoms with Gasteiger partial charge in [-0.1, -0.05) is 0 Å². The van der Waals surface area contributed by atoms with Crippen LogP contribution in [0.5, 0.6) is 0 Å². The Hall–Kier alpha value is -1.00. The molecule has 0 radical (unpaired) electrons. The highest BCUT2D eigenvalue weighted by Crippen LogP contribution is 2.26. The largest absolute Gasteiger partial charge is 0.382 e. The molecule has 0 fully saturated rings. The number of thiophene rings is 1. The van der Waals surface area contributed by atoms with Crippen molar-refractivity contribution in [1.29, 1.82) is 0 Å². The van der Waals surface area contributed by atoms with Crippen molar-refractivity contribution in [2.45, 2.75) is 6.92 Å². The van der Waals surface area contributed by atoms with Gasteiger partial charge in [0.15, 0.2) is 0 Å². The third-order valence-electron chi connectivity index (χ3n) is 1.75. The van der Waals surface area contributed by atoms with E-state index in [0.29, 0.717) is 5.82 Å². The minimum absolute atomic E-state index is 0. The zero-order valence-corrected chi connectivity index (χ0v) is 8.71. The van der Waals surface area contributed by atoms with E-state index < -0.39 is 0 Å². The third-order valence-corrected chi connectivity index (χ3v) is 2.59. The van der Waals surface area contributed by atoms with Crippen LogP contribution in [-0.2, 0) is 0 Å². The number of H-pyrrole nitrogens is 1. The van der Waals surface area contributed by atoms with Gasteiger partial charge in [0.05, 0.1) is 5.69 Å². The molecule has 0 aromatic carbocycles. The van der Waals surface area contributed by atoms with Crippen molar-refractivity contribution >= 4 is 29.6 Å². The van der Waals surface area contributed by atoms with Crippen LogP contribution in [0.3, 0.4) is 0 Å². The molecule has 0 atom stereocenters. The van der Waals surface area contributed by atoms with E-state index in [1.807, 2.05) is 6.07 Å². The van der Waals surface area contributed by atoms with E-state index in [-0.39, 0.29) is 12.4 Å². The summed E-state index contributed by atoms with van der Waals surface area (Å²) in [4.78, 5) is 1.28. The number of rotatable bonds is 1. The first-order valence-corrected chi connectivity index (χ1v) is 4.50. The van der Waals surface area contributed by atoms with Crippen molar-refractivity contribution in [3.05, 3.63) is 22.4 Å². The molecule has 2 aromatic rings. The number of anilines is 1. The lowest BCUT2D eigenvalue weighted by Gasteiger charge is -1.91. The van der Waals surface area contributed by atoms with Crippen molar-refractivity contribution < 1.29 is 0 Å². The second kappa shape index (κ2) is 3.81. The first-order chi connectivity index (χ1) is 5.77. The molecule has 0 unspecified atom stereocenters. The number of aromatic nitrogens is 2. The standard InChI is InChI=1S/C8H9N3S.ClH/c1-5-6(2-3-12-5)7-4-8(9)11-10-7;/h2-4H,1H3,(H3,9,10,11);1H. The zero-order valence-electron chi connectivity index (χ0n) is 7.07. The summed E-state index contributed by atoms with van der Waals surface area (Å²) in [5.74, 6) is 0.538. The molecule has 70 valence electrons. The molecule has 5 heteroatoms. The number of aryl methyl sites for hydroxylation is 1. The highest BCUT2D eigenvalue weighted by Gasteiger charge is 2.04. The molecule has 0 spiro atoms. The topological polar surface area (TPSA) is 54.7 Å². The minimum atomic E-state index is 0. The van der Waals surface area contributed by atoms with Crippen LogP contribution in [-0.4, -0.2) is 10.2 Å². The summed E-state index contributed by atoms with van der Waals surface area (Å²) >= 11 is 1.72. The molecule has 3 nitrogen and oxygen atoms in total. The van der Waals surface area contributed by atoms with Gasteiger partial charge in [-0.15, -0.1) is 23.7 Å². The molecule has 2 aromatic heterocycles. The number of nitrogens with one attached hydrogen (secondary N) is 1. The van der Waals surface area contributed by atoms with E-state index in [2.05, 4.69) is 28.6 Å². The van der Waals surface area contributed by atoms with Crippen LogP contribution in [0.15, 0.2) is 17.5 Å². The Labute approximate surface area is 86.4 Å². The van der Waals surface area contributed by atoms with Crippen molar-refractivity contribution in [2.24, 2.45) is 0 Å². The number of halogens is 1. The molecule has 2 heterocycles. The van der Waals surface area contributed by atoms with Crippen LogP contribution in [0.1, 0.15) is 4.88 Å². The fourth-order valence-electron chi connectivity index (χ4n) is 1.14. The predicted octanol–water partition coefficient (Wildman–Crippen LogP) is 2.45. The third kappa shape index (κ3) is 1.84. The fraction of sp³-hybridized carbons (Fsp3) is 0.125. The maximum atomic E-state index is 5.50. The van der Waals surface area contributed by atoms with Gasteiger partial charge in [-0.2, -0.15) is 5.10 Å². The first-order valence-electron chi connectivity index (χ1n) is 3.63. The number of aromatic amines is 1. The average Bonchev–Trinajstić information content (AvgIpc) is 2.58. The number of hydrogen-bond donors (Lipinski definition) is 2. The summed E-state index contributed by atoms with van der Waals surface area (Å²) in [6, 6.07) is 3.90. The van der Waals surface area contributed by atoms with Gasteiger partial charge in [0.25, 0.3) is 0 Å². The number of nitrogen functional groups attached to an aromatic ring is 1. The van der Waals surface area contributed by atoms with Crippen LogP contribution < -0.4 is 5.73 Å².